The van der Waals surface area contributed by atoms with E-state index in [1.54, 1.807) is 18.2 Å². The van der Waals surface area contributed by atoms with Gasteiger partial charge < -0.3 is 22.1 Å². The molecule has 0 unspecified atom stereocenters. The molecule has 0 radical (unpaired) electrons. The molecule has 0 fully saturated rings. The summed E-state index contributed by atoms with van der Waals surface area (Å²) in [6.07, 6.45) is 9.98. The zero-order chi connectivity index (χ0) is 23.5. The normalized spacial score (nSPS) is 13.2. The van der Waals surface area contributed by atoms with Crippen molar-refractivity contribution >= 4 is 17.4 Å². The van der Waals surface area contributed by atoms with Crippen molar-refractivity contribution in [2.24, 2.45) is 11.5 Å². The van der Waals surface area contributed by atoms with Gasteiger partial charge in [-0.1, -0.05) is 49.1 Å². The van der Waals surface area contributed by atoms with Crippen LogP contribution in [0.5, 0.6) is 0 Å². The first-order chi connectivity index (χ1) is 15.4. The van der Waals surface area contributed by atoms with Gasteiger partial charge in [-0.25, -0.2) is 9.97 Å². The van der Waals surface area contributed by atoms with Gasteiger partial charge in [-0.3, -0.25) is 10.2 Å². The average Bonchev–Trinajstić information content (AvgIpc) is 2.84. The van der Waals surface area contributed by atoms with Crippen molar-refractivity contribution in [2.45, 2.75) is 32.4 Å². The standard InChI is InChI=1S/C23H26N6O.CH5N/c1-15(18-6-4-3-5-7-18)29-16(2)20-12-21(28-14-27-20)23(30)26-13-17-8-10-19(11-9-17)22(24)25;1-2/h4,6-12,14-15,29H,2-3,5,13H2,1H3,(H3,24,25)(H,26,30);2H2,1H3/t15-;/m0./s1. The molecule has 3 rings (SSSR count). The molecule has 0 saturated carbocycles. The lowest BCUT2D eigenvalue weighted by Crippen LogP contribution is -2.27. The van der Waals surface area contributed by atoms with Gasteiger partial charge in [-0.2, -0.15) is 0 Å². The molecule has 1 aliphatic rings. The summed E-state index contributed by atoms with van der Waals surface area (Å²) >= 11 is 0. The first kappa shape index (κ1) is 24.5. The van der Waals surface area contributed by atoms with Crippen LogP contribution in [0.3, 0.4) is 0 Å². The lowest BCUT2D eigenvalue weighted by molar-refractivity contribution is 0.0945. The monoisotopic (exact) mass is 433 g/mol. The molecule has 1 aromatic carbocycles. The van der Waals surface area contributed by atoms with Crippen LogP contribution in [0, 0.1) is 5.41 Å². The number of amides is 1. The first-order valence-corrected chi connectivity index (χ1v) is 10.4. The van der Waals surface area contributed by atoms with Crippen LogP contribution in [0.4, 0.5) is 0 Å². The Hall–Kier alpha value is -3.78. The van der Waals surface area contributed by atoms with E-state index in [1.165, 1.54) is 18.9 Å². The molecular weight excluding hydrogens is 402 g/mol. The van der Waals surface area contributed by atoms with Gasteiger partial charge in [-0.05, 0) is 44.0 Å². The highest BCUT2D eigenvalue weighted by atomic mass is 16.1. The van der Waals surface area contributed by atoms with E-state index in [2.05, 4.69) is 58.1 Å². The number of nitrogens with zero attached hydrogens (tertiary/aromatic N) is 2. The molecule has 32 heavy (non-hydrogen) atoms. The van der Waals surface area contributed by atoms with E-state index in [0.717, 1.165) is 18.4 Å². The van der Waals surface area contributed by atoms with Gasteiger partial charge in [-0.15, -0.1) is 0 Å². The van der Waals surface area contributed by atoms with E-state index < -0.39 is 0 Å². The summed E-state index contributed by atoms with van der Waals surface area (Å²) in [5.74, 6) is -0.286. The van der Waals surface area contributed by atoms with Crippen molar-refractivity contribution in [3.8, 4) is 0 Å². The Morgan fingerprint density at radius 3 is 2.50 bits per heavy atom. The Morgan fingerprint density at radius 1 is 1.19 bits per heavy atom. The minimum absolute atomic E-state index is 0.0121. The largest absolute Gasteiger partial charge is 0.384 e. The quantitative estimate of drug-likeness (QED) is 0.320. The molecule has 1 atom stereocenters. The van der Waals surface area contributed by atoms with Crippen molar-refractivity contribution in [1.29, 1.82) is 5.41 Å². The molecule has 168 valence electrons. The van der Waals surface area contributed by atoms with Crippen LogP contribution in [-0.2, 0) is 6.54 Å². The number of amidine groups is 1. The minimum atomic E-state index is -0.298. The molecule has 2 aromatic rings. The number of allylic oxidation sites excluding steroid dienone is 2. The fraction of sp³-hybridized carbons (Fsp3) is 0.250. The molecule has 8 heteroatoms. The van der Waals surface area contributed by atoms with E-state index >= 15 is 0 Å². The third-order valence-corrected chi connectivity index (χ3v) is 4.84. The number of aromatic nitrogens is 2. The molecule has 1 aromatic heterocycles. The molecular formula is C24H31N7O. The molecule has 0 saturated heterocycles. The minimum Gasteiger partial charge on any atom is -0.384 e. The number of rotatable bonds is 8. The van der Waals surface area contributed by atoms with Gasteiger partial charge in [0.2, 0.25) is 0 Å². The van der Waals surface area contributed by atoms with Crippen molar-refractivity contribution in [2.75, 3.05) is 7.05 Å². The molecule has 8 nitrogen and oxygen atoms in total. The summed E-state index contributed by atoms with van der Waals surface area (Å²) < 4.78 is 0. The predicted molar refractivity (Wildman–Crippen MR) is 129 cm³/mol. The van der Waals surface area contributed by atoms with Gasteiger partial charge >= 0.3 is 0 Å². The van der Waals surface area contributed by atoms with Gasteiger partial charge in [0.1, 0.15) is 17.9 Å². The molecule has 1 amide bonds. The van der Waals surface area contributed by atoms with E-state index in [-0.39, 0.29) is 23.5 Å². The number of hydrogen-bond acceptors (Lipinski definition) is 6. The van der Waals surface area contributed by atoms with Crippen molar-refractivity contribution < 1.29 is 4.79 Å². The van der Waals surface area contributed by atoms with Crippen molar-refractivity contribution in [3.63, 3.8) is 0 Å². The second kappa shape index (κ2) is 12.2. The second-order valence-corrected chi connectivity index (χ2v) is 7.11. The number of nitrogens with one attached hydrogen (secondary N) is 3. The van der Waals surface area contributed by atoms with Gasteiger partial charge in [0.15, 0.2) is 0 Å². The van der Waals surface area contributed by atoms with Crippen LogP contribution in [0.1, 0.15) is 47.1 Å². The fourth-order valence-electron chi connectivity index (χ4n) is 3.09. The number of carbonyl (C=O) groups excluding carboxylic acids is 1. The lowest BCUT2D eigenvalue weighted by atomic mass is 10.0. The number of nitrogens with two attached hydrogens (primary N) is 2. The first-order valence-electron chi connectivity index (χ1n) is 10.4. The molecule has 0 spiro atoms. The Kier molecular flexibility index (Phi) is 9.31. The van der Waals surface area contributed by atoms with Crippen molar-refractivity contribution in [1.82, 2.24) is 20.6 Å². The maximum atomic E-state index is 12.5. The summed E-state index contributed by atoms with van der Waals surface area (Å²) in [7, 11) is 1.50. The molecule has 1 heterocycles. The molecule has 1 aliphatic carbocycles. The Bertz CT molecular complexity index is 1010. The summed E-state index contributed by atoms with van der Waals surface area (Å²) in [5, 5.41) is 13.6. The Labute approximate surface area is 189 Å². The number of nitrogen functional groups attached to an aromatic ring is 1. The van der Waals surface area contributed by atoms with Gasteiger partial charge in [0.25, 0.3) is 5.91 Å². The van der Waals surface area contributed by atoms with Crippen LogP contribution < -0.4 is 22.1 Å². The summed E-state index contributed by atoms with van der Waals surface area (Å²) in [5.41, 5.74) is 14.2. The molecule has 7 N–H and O–H groups in total. The highest BCUT2D eigenvalue weighted by Crippen LogP contribution is 2.16. The fourth-order valence-corrected chi connectivity index (χ4v) is 3.09. The SMILES string of the molecule is C=C(N[C@@H](C)C1=CCCC=C1)c1cc(C(=O)NCc2ccc(C(=N)N)cc2)ncn1.CN. The predicted octanol–water partition coefficient (Wildman–Crippen LogP) is 2.49. The maximum absolute atomic E-state index is 12.5. The Morgan fingerprint density at radius 2 is 1.88 bits per heavy atom. The zero-order valence-electron chi connectivity index (χ0n) is 18.6. The van der Waals surface area contributed by atoms with Gasteiger partial charge in [0, 0.05) is 18.2 Å². The van der Waals surface area contributed by atoms with Crippen LogP contribution in [0.2, 0.25) is 0 Å². The lowest BCUT2D eigenvalue weighted by Gasteiger charge is -2.19. The topological polar surface area (TPSA) is 143 Å². The highest BCUT2D eigenvalue weighted by molar-refractivity contribution is 5.95. The second-order valence-electron chi connectivity index (χ2n) is 7.11. The van der Waals surface area contributed by atoms with E-state index in [0.29, 0.717) is 23.5 Å². The average molecular weight is 434 g/mol. The number of carbonyl (C=O) groups is 1. The summed E-state index contributed by atoms with van der Waals surface area (Å²) in [6.45, 7) is 6.47. The van der Waals surface area contributed by atoms with Crippen LogP contribution in [0.25, 0.3) is 5.70 Å². The van der Waals surface area contributed by atoms with E-state index in [9.17, 15) is 4.79 Å². The summed E-state index contributed by atoms with van der Waals surface area (Å²) in [6, 6.07) is 8.87. The summed E-state index contributed by atoms with van der Waals surface area (Å²) in [4.78, 5) is 20.8. The third kappa shape index (κ3) is 6.88. The third-order valence-electron chi connectivity index (χ3n) is 4.84. The highest BCUT2D eigenvalue weighted by Gasteiger charge is 2.13. The van der Waals surface area contributed by atoms with E-state index in [4.69, 9.17) is 11.1 Å². The number of hydrogen-bond donors (Lipinski definition) is 5. The van der Waals surface area contributed by atoms with Crippen LogP contribution >= 0.6 is 0 Å². The number of benzene rings is 1. The van der Waals surface area contributed by atoms with Crippen LogP contribution in [-0.4, -0.2) is 34.8 Å². The molecule has 0 aliphatic heterocycles. The van der Waals surface area contributed by atoms with Crippen LogP contribution in [0.15, 0.2) is 67.0 Å². The molecule has 0 bridgehead atoms. The maximum Gasteiger partial charge on any atom is 0.270 e. The van der Waals surface area contributed by atoms with Crippen molar-refractivity contribution in [3.05, 3.63) is 89.6 Å². The Balaban J connectivity index is 0.00000176. The smallest absolute Gasteiger partial charge is 0.270 e. The van der Waals surface area contributed by atoms with Gasteiger partial charge in [0.05, 0.1) is 11.4 Å². The van der Waals surface area contributed by atoms with E-state index in [1.807, 2.05) is 12.1 Å². The zero-order valence-corrected chi connectivity index (χ0v) is 18.6.